The van der Waals surface area contributed by atoms with E-state index in [1.807, 2.05) is 24.3 Å². The average molecular weight is 511 g/mol. The van der Waals surface area contributed by atoms with Crippen LogP contribution in [0.4, 0.5) is 0 Å². The summed E-state index contributed by atoms with van der Waals surface area (Å²) >= 11 is 0. The number of aryl methyl sites for hydroxylation is 1. The number of rotatable bonds is 3. The van der Waals surface area contributed by atoms with Crippen LogP contribution in [-0.2, 0) is 18.4 Å². The summed E-state index contributed by atoms with van der Waals surface area (Å²) in [6, 6.07) is 31.7. The minimum absolute atomic E-state index is 0.229. The lowest BCUT2D eigenvalue weighted by Crippen LogP contribution is -2.35. The van der Waals surface area contributed by atoms with Crippen molar-refractivity contribution in [1.82, 2.24) is 0 Å². The highest BCUT2D eigenvalue weighted by atomic mass is 16.7. The summed E-state index contributed by atoms with van der Waals surface area (Å²) in [7, 11) is 1.69. The summed E-state index contributed by atoms with van der Waals surface area (Å²) in [4.78, 5) is 0. The van der Waals surface area contributed by atoms with E-state index < -0.39 is 5.60 Å². The largest absolute Gasteiger partial charge is 0.497 e. The Kier molecular flexibility index (Phi) is 4.80. The predicted octanol–water partition coefficient (Wildman–Crippen LogP) is 7.69. The minimum Gasteiger partial charge on any atom is -0.497 e. The quantitative estimate of drug-likeness (QED) is 0.249. The zero-order valence-corrected chi connectivity index (χ0v) is 21.6. The summed E-state index contributed by atoms with van der Waals surface area (Å²) in [5, 5.41) is 2.47. The van der Waals surface area contributed by atoms with Crippen LogP contribution < -0.4 is 18.9 Å². The minimum atomic E-state index is -0.854. The van der Waals surface area contributed by atoms with Crippen molar-refractivity contribution >= 4 is 16.8 Å². The predicted molar refractivity (Wildman–Crippen MR) is 153 cm³/mol. The average Bonchev–Trinajstić information content (AvgIpc) is 3.49. The zero-order valence-electron chi connectivity index (χ0n) is 21.6. The first-order chi connectivity index (χ1) is 19.2. The molecule has 5 aromatic rings. The fourth-order valence-corrected chi connectivity index (χ4v) is 6.41. The van der Waals surface area contributed by atoms with Crippen LogP contribution in [0.1, 0.15) is 27.8 Å². The van der Waals surface area contributed by atoms with Crippen molar-refractivity contribution in [1.29, 1.82) is 0 Å². The van der Waals surface area contributed by atoms with E-state index in [-0.39, 0.29) is 6.79 Å². The SMILES string of the molecule is COc1ccc(C2(c3ccc4c(c3)OCO4)C=Cc3c(c4c(c5ccccc35)-c3ccccc3CC4)O2)cc1. The van der Waals surface area contributed by atoms with E-state index in [1.165, 1.54) is 33.0 Å². The van der Waals surface area contributed by atoms with Crippen molar-refractivity contribution < 1.29 is 18.9 Å². The van der Waals surface area contributed by atoms with Crippen LogP contribution in [-0.4, -0.2) is 13.9 Å². The van der Waals surface area contributed by atoms with Crippen LogP contribution in [0, 0.1) is 0 Å². The van der Waals surface area contributed by atoms with Gasteiger partial charge in [-0.15, -0.1) is 0 Å². The van der Waals surface area contributed by atoms with E-state index in [0.29, 0.717) is 0 Å². The van der Waals surface area contributed by atoms with Gasteiger partial charge in [0.25, 0.3) is 0 Å². The fraction of sp³-hybridized carbons (Fsp3) is 0.143. The highest BCUT2D eigenvalue weighted by Gasteiger charge is 2.40. The Morgan fingerprint density at radius 3 is 2.38 bits per heavy atom. The van der Waals surface area contributed by atoms with Gasteiger partial charge < -0.3 is 18.9 Å². The molecule has 0 saturated heterocycles. The molecule has 4 heteroatoms. The van der Waals surface area contributed by atoms with Gasteiger partial charge in [-0.1, -0.05) is 66.7 Å². The van der Waals surface area contributed by atoms with Gasteiger partial charge in [0.1, 0.15) is 11.5 Å². The van der Waals surface area contributed by atoms with Gasteiger partial charge in [0, 0.05) is 22.3 Å². The maximum Gasteiger partial charge on any atom is 0.231 e. The molecule has 4 nitrogen and oxygen atoms in total. The summed E-state index contributed by atoms with van der Waals surface area (Å²) < 4.78 is 24.2. The van der Waals surface area contributed by atoms with E-state index in [0.717, 1.165) is 52.5 Å². The third-order valence-corrected chi connectivity index (χ3v) is 8.31. The Balaban J connectivity index is 1.40. The molecule has 0 amide bonds. The van der Waals surface area contributed by atoms with Crippen molar-refractivity contribution in [2.24, 2.45) is 0 Å². The summed E-state index contributed by atoms with van der Waals surface area (Å²) in [6.45, 7) is 0.229. The summed E-state index contributed by atoms with van der Waals surface area (Å²) in [5.74, 6) is 3.25. The molecule has 1 atom stereocenters. The molecule has 0 fully saturated rings. The molecular formula is C35H26O4. The van der Waals surface area contributed by atoms with Gasteiger partial charge in [-0.2, -0.15) is 0 Å². The van der Waals surface area contributed by atoms with Crippen LogP contribution in [0.3, 0.4) is 0 Å². The second kappa shape index (κ2) is 8.40. The molecule has 0 N–H and O–H groups in total. The van der Waals surface area contributed by atoms with Gasteiger partial charge in [-0.25, -0.2) is 0 Å². The van der Waals surface area contributed by atoms with E-state index in [9.17, 15) is 0 Å². The normalized spacial score (nSPS) is 18.2. The third-order valence-electron chi connectivity index (χ3n) is 8.31. The molecule has 190 valence electrons. The monoisotopic (exact) mass is 510 g/mol. The van der Waals surface area contributed by atoms with Crippen molar-refractivity contribution in [2.75, 3.05) is 13.9 Å². The highest BCUT2D eigenvalue weighted by molar-refractivity contribution is 6.06. The van der Waals surface area contributed by atoms with Gasteiger partial charge in [-0.05, 0) is 76.7 Å². The Morgan fingerprint density at radius 2 is 1.51 bits per heavy atom. The Labute approximate surface area is 227 Å². The first-order valence-electron chi connectivity index (χ1n) is 13.3. The highest BCUT2D eigenvalue weighted by Crippen LogP contribution is 2.52. The number of fused-ring (bicyclic) bond motifs is 9. The number of benzene rings is 5. The molecule has 0 bridgehead atoms. The van der Waals surface area contributed by atoms with Gasteiger partial charge in [0.2, 0.25) is 6.79 Å². The smallest absolute Gasteiger partial charge is 0.231 e. The van der Waals surface area contributed by atoms with Crippen LogP contribution in [0.2, 0.25) is 0 Å². The molecular weight excluding hydrogens is 484 g/mol. The standard InChI is InChI=1S/C35H26O4/c1-36-25-14-11-23(12-15-25)35(24-13-17-31-32(20-24)38-21-37-31)19-18-29-27-8-4-5-9-28(27)33-26-7-3-2-6-22(26)10-16-30(33)34(29)39-35/h2-9,11-15,17-20H,10,16,21H2,1H3. The number of hydrogen-bond donors (Lipinski definition) is 0. The molecule has 5 aromatic carbocycles. The van der Waals surface area contributed by atoms with Gasteiger partial charge in [0.05, 0.1) is 7.11 Å². The Hall–Kier alpha value is -4.70. The molecule has 0 spiro atoms. The topological polar surface area (TPSA) is 36.9 Å². The second-order valence-corrected chi connectivity index (χ2v) is 10.3. The van der Waals surface area contributed by atoms with Crippen LogP contribution >= 0.6 is 0 Å². The second-order valence-electron chi connectivity index (χ2n) is 10.3. The van der Waals surface area contributed by atoms with Gasteiger partial charge in [0.15, 0.2) is 17.1 Å². The Morgan fingerprint density at radius 1 is 0.744 bits per heavy atom. The number of ether oxygens (including phenoxy) is 4. The lowest BCUT2D eigenvalue weighted by atomic mass is 9.78. The van der Waals surface area contributed by atoms with Gasteiger partial charge >= 0.3 is 0 Å². The maximum absolute atomic E-state index is 7.32. The van der Waals surface area contributed by atoms with Crippen LogP contribution in [0.15, 0.2) is 97.1 Å². The van der Waals surface area contributed by atoms with E-state index >= 15 is 0 Å². The molecule has 0 radical (unpaired) electrons. The van der Waals surface area contributed by atoms with Crippen LogP contribution in [0.25, 0.3) is 28.0 Å². The fourth-order valence-electron chi connectivity index (χ4n) is 6.41. The molecule has 8 rings (SSSR count). The summed E-state index contributed by atoms with van der Waals surface area (Å²) in [6.07, 6.45) is 6.34. The van der Waals surface area contributed by atoms with E-state index in [4.69, 9.17) is 18.9 Å². The molecule has 3 aliphatic rings. The van der Waals surface area contributed by atoms with Gasteiger partial charge in [-0.3, -0.25) is 0 Å². The zero-order chi connectivity index (χ0) is 26.0. The molecule has 1 aliphatic carbocycles. The van der Waals surface area contributed by atoms with Crippen molar-refractivity contribution in [3.8, 4) is 34.1 Å². The molecule has 39 heavy (non-hydrogen) atoms. The molecule has 2 aliphatic heterocycles. The maximum atomic E-state index is 7.32. The van der Waals surface area contributed by atoms with Crippen LogP contribution in [0.5, 0.6) is 23.0 Å². The number of hydrogen-bond acceptors (Lipinski definition) is 4. The molecule has 0 saturated carbocycles. The number of methoxy groups -OCH3 is 1. The third kappa shape index (κ3) is 3.24. The first kappa shape index (κ1) is 22.3. The van der Waals surface area contributed by atoms with Crippen molar-refractivity contribution in [2.45, 2.75) is 18.4 Å². The van der Waals surface area contributed by atoms with E-state index in [1.54, 1.807) is 7.11 Å². The lowest BCUT2D eigenvalue weighted by molar-refractivity contribution is 0.158. The summed E-state index contributed by atoms with van der Waals surface area (Å²) in [5.41, 5.74) is 7.52. The van der Waals surface area contributed by atoms with E-state index in [2.05, 4.69) is 78.9 Å². The molecule has 2 heterocycles. The lowest BCUT2D eigenvalue weighted by Gasteiger charge is -2.39. The Bertz CT molecular complexity index is 1800. The first-order valence-corrected chi connectivity index (χ1v) is 13.3. The van der Waals surface area contributed by atoms with Crippen molar-refractivity contribution in [3.05, 3.63) is 125 Å². The molecule has 0 aromatic heterocycles. The van der Waals surface area contributed by atoms with Crippen molar-refractivity contribution in [3.63, 3.8) is 0 Å². The molecule has 1 unspecified atom stereocenters.